The second-order valence-corrected chi connectivity index (χ2v) is 3.68. The molecule has 5 heteroatoms. The molecule has 0 atom stereocenters. The third-order valence-corrected chi connectivity index (χ3v) is 2.68. The molecule has 0 aliphatic carbocycles. The number of nitrogens with zero attached hydrogens (tertiary/aromatic N) is 1. The second-order valence-electron chi connectivity index (χ2n) is 3.68. The zero-order chi connectivity index (χ0) is 12.0. The molecule has 0 saturated heterocycles. The van der Waals surface area contributed by atoms with Crippen molar-refractivity contribution in [3.63, 3.8) is 0 Å². The van der Waals surface area contributed by atoms with Crippen molar-refractivity contribution in [3.05, 3.63) is 42.4 Å². The zero-order valence-corrected chi connectivity index (χ0v) is 8.61. The van der Waals surface area contributed by atoms with Crippen molar-refractivity contribution in [2.75, 3.05) is 4.90 Å². The molecule has 2 aromatic rings. The van der Waals surface area contributed by atoms with Crippen molar-refractivity contribution >= 4 is 28.4 Å². The Morgan fingerprint density at radius 2 is 1.82 bits per heavy atom. The number of hydrogen-bond acceptors (Lipinski definition) is 2. The van der Waals surface area contributed by atoms with Gasteiger partial charge in [0.25, 0.3) is 11.8 Å². The molecule has 1 aliphatic rings. The quantitative estimate of drug-likeness (QED) is 0.758. The van der Waals surface area contributed by atoms with Gasteiger partial charge < -0.3 is 4.98 Å². The molecule has 1 aromatic carbocycles. The predicted octanol–water partition coefficient (Wildman–Crippen LogP) is 1.74. The van der Waals surface area contributed by atoms with Gasteiger partial charge in [0.2, 0.25) is 0 Å². The van der Waals surface area contributed by atoms with Gasteiger partial charge in [0, 0.05) is 18.3 Å². The van der Waals surface area contributed by atoms with E-state index < -0.39 is 17.6 Å². The molecule has 0 saturated carbocycles. The summed E-state index contributed by atoms with van der Waals surface area (Å²) in [5.41, 5.74) is 0.797. The highest BCUT2D eigenvalue weighted by atomic mass is 19.1. The molecule has 2 heterocycles. The SMILES string of the molecule is O=C1C=CC(=O)N1c1c[nH]c2cccc(F)c12. The van der Waals surface area contributed by atoms with Crippen LogP contribution in [0.15, 0.2) is 36.5 Å². The van der Waals surface area contributed by atoms with Crippen molar-refractivity contribution in [1.29, 1.82) is 0 Å². The third-order valence-electron chi connectivity index (χ3n) is 2.68. The number of hydrogen-bond donors (Lipinski definition) is 1. The lowest BCUT2D eigenvalue weighted by molar-refractivity contribution is -0.119. The first kappa shape index (κ1) is 9.77. The maximum Gasteiger partial charge on any atom is 0.258 e. The summed E-state index contributed by atoms with van der Waals surface area (Å²) in [5, 5.41) is 0.248. The topological polar surface area (TPSA) is 53.2 Å². The maximum atomic E-state index is 13.7. The van der Waals surface area contributed by atoms with Gasteiger partial charge in [-0.05, 0) is 12.1 Å². The summed E-state index contributed by atoms with van der Waals surface area (Å²) in [4.78, 5) is 26.8. The van der Waals surface area contributed by atoms with Gasteiger partial charge in [-0.15, -0.1) is 0 Å². The Balaban J connectivity index is 2.25. The van der Waals surface area contributed by atoms with E-state index in [0.29, 0.717) is 5.52 Å². The monoisotopic (exact) mass is 230 g/mol. The van der Waals surface area contributed by atoms with Crippen LogP contribution in [0.2, 0.25) is 0 Å². The number of amides is 2. The van der Waals surface area contributed by atoms with Gasteiger partial charge >= 0.3 is 0 Å². The van der Waals surface area contributed by atoms with Crippen LogP contribution in [0.25, 0.3) is 10.9 Å². The van der Waals surface area contributed by atoms with Crippen molar-refractivity contribution in [2.24, 2.45) is 0 Å². The van der Waals surface area contributed by atoms with Crippen LogP contribution in [0.3, 0.4) is 0 Å². The van der Waals surface area contributed by atoms with Gasteiger partial charge in [0.05, 0.1) is 16.6 Å². The summed E-state index contributed by atoms with van der Waals surface area (Å²) in [7, 11) is 0. The Labute approximate surface area is 95.3 Å². The molecular formula is C12H7FN2O2. The van der Waals surface area contributed by atoms with Crippen LogP contribution in [0.5, 0.6) is 0 Å². The minimum absolute atomic E-state index is 0.248. The molecule has 0 radical (unpaired) electrons. The van der Waals surface area contributed by atoms with Crippen LogP contribution >= 0.6 is 0 Å². The highest BCUT2D eigenvalue weighted by Gasteiger charge is 2.28. The number of aromatic nitrogens is 1. The Morgan fingerprint density at radius 3 is 2.53 bits per heavy atom. The Kier molecular flexibility index (Phi) is 1.89. The standard InChI is InChI=1S/C12H7FN2O2/c13-7-2-1-3-8-12(7)9(6-14-8)15-10(16)4-5-11(15)17/h1-6,14H. The molecule has 0 fully saturated rings. The van der Waals surface area contributed by atoms with Gasteiger partial charge in [-0.2, -0.15) is 0 Å². The van der Waals surface area contributed by atoms with Gasteiger partial charge in [0.15, 0.2) is 0 Å². The van der Waals surface area contributed by atoms with Crippen LogP contribution in [-0.2, 0) is 9.59 Å². The van der Waals surface area contributed by atoms with E-state index in [1.165, 1.54) is 24.4 Å². The normalized spacial score (nSPS) is 15.2. The first-order chi connectivity index (χ1) is 8.18. The molecule has 0 unspecified atom stereocenters. The molecule has 1 aliphatic heterocycles. The number of carbonyl (C=O) groups excluding carboxylic acids is 2. The highest BCUT2D eigenvalue weighted by molar-refractivity contribution is 6.30. The Hall–Kier alpha value is -2.43. The third kappa shape index (κ3) is 1.29. The molecule has 0 spiro atoms. The number of benzene rings is 1. The zero-order valence-electron chi connectivity index (χ0n) is 8.61. The number of anilines is 1. The molecule has 1 N–H and O–H groups in total. The number of rotatable bonds is 1. The van der Waals surface area contributed by atoms with Crippen LogP contribution in [-0.4, -0.2) is 16.8 Å². The highest BCUT2D eigenvalue weighted by Crippen LogP contribution is 2.30. The average Bonchev–Trinajstić information content (AvgIpc) is 2.84. The molecule has 2 amide bonds. The van der Waals surface area contributed by atoms with Gasteiger partial charge in [-0.25, -0.2) is 9.29 Å². The van der Waals surface area contributed by atoms with Crippen molar-refractivity contribution in [1.82, 2.24) is 4.98 Å². The van der Waals surface area contributed by atoms with Gasteiger partial charge in [-0.3, -0.25) is 9.59 Å². The minimum Gasteiger partial charge on any atom is -0.359 e. The van der Waals surface area contributed by atoms with E-state index in [-0.39, 0.29) is 11.1 Å². The second kappa shape index (κ2) is 3.28. The fourth-order valence-corrected chi connectivity index (χ4v) is 1.94. The molecule has 0 bridgehead atoms. The lowest BCUT2D eigenvalue weighted by Gasteiger charge is -2.12. The molecule has 17 heavy (non-hydrogen) atoms. The smallest absolute Gasteiger partial charge is 0.258 e. The number of halogens is 1. The molecule has 4 nitrogen and oxygen atoms in total. The van der Waals surface area contributed by atoms with E-state index in [1.807, 2.05) is 0 Å². The van der Waals surface area contributed by atoms with E-state index in [4.69, 9.17) is 0 Å². The molecule has 3 rings (SSSR count). The lowest BCUT2D eigenvalue weighted by Crippen LogP contribution is -2.29. The number of H-pyrrole nitrogens is 1. The Bertz CT molecular complexity index is 654. The molecule has 84 valence electrons. The van der Waals surface area contributed by atoms with E-state index in [2.05, 4.69) is 4.98 Å². The predicted molar refractivity (Wildman–Crippen MR) is 59.9 cm³/mol. The maximum absolute atomic E-state index is 13.7. The summed E-state index contributed by atoms with van der Waals surface area (Å²) in [5.74, 6) is -1.38. The largest absolute Gasteiger partial charge is 0.359 e. The first-order valence-electron chi connectivity index (χ1n) is 5.00. The van der Waals surface area contributed by atoms with E-state index in [1.54, 1.807) is 12.1 Å². The fraction of sp³-hybridized carbons (Fsp3) is 0. The number of aromatic amines is 1. The van der Waals surface area contributed by atoms with Crippen molar-refractivity contribution in [3.8, 4) is 0 Å². The van der Waals surface area contributed by atoms with Gasteiger partial charge in [-0.1, -0.05) is 6.07 Å². The number of nitrogens with one attached hydrogen (secondary N) is 1. The van der Waals surface area contributed by atoms with Crippen molar-refractivity contribution < 1.29 is 14.0 Å². The lowest BCUT2D eigenvalue weighted by atomic mass is 10.2. The summed E-state index contributed by atoms with van der Waals surface area (Å²) in [6.07, 6.45) is 3.79. The van der Waals surface area contributed by atoms with Crippen LogP contribution in [0, 0.1) is 5.82 Å². The molecule has 1 aromatic heterocycles. The molecular weight excluding hydrogens is 223 g/mol. The minimum atomic E-state index is -0.466. The average molecular weight is 230 g/mol. The summed E-state index contributed by atoms with van der Waals surface area (Å²) in [6, 6.07) is 4.53. The van der Waals surface area contributed by atoms with Crippen molar-refractivity contribution in [2.45, 2.75) is 0 Å². The summed E-state index contributed by atoms with van der Waals surface area (Å²) in [6.45, 7) is 0. The summed E-state index contributed by atoms with van der Waals surface area (Å²) < 4.78 is 13.7. The van der Waals surface area contributed by atoms with E-state index in [9.17, 15) is 14.0 Å². The van der Waals surface area contributed by atoms with E-state index >= 15 is 0 Å². The van der Waals surface area contributed by atoms with E-state index in [0.717, 1.165) is 4.90 Å². The number of imide groups is 1. The number of carbonyl (C=O) groups is 2. The fourth-order valence-electron chi connectivity index (χ4n) is 1.94. The first-order valence-corrected chi connectivity index (χ1v) is 5.00. The number of fused-ring (bicyclic) bond motifs is 1. The van der Waals surface area contributed by atoms with Crippen LogP contribution in [0.4, 0.5) is 10.1 Å². The summed E-state index contributed by atoms with van der Waals surface area (Å²) >= 11 is 0. The Morgan fingerprint density at radius 1 is 1.12 bits per heavy atom. The van der Waals surface area contributed by atoms with Gasteiger partial charge in [0.1, 0.15) is 5.82 Å². The van der Waals surface area contributed by atoms with Crippen LogP contribution in [0.1, 0.15) is 0 Å². The van der Waals surface area contributed by atoms with Crippen LogP contribution < -0.4 is 4.90 Å².